The molecule has 1 aromatic rings. The van der Waals surface area contributed by atoms with Crippen molar-refractivity contribution >= 4 is 15.7 Å². The molecule has 0 radical (unpaired) electrons. The fourth-order valence-electron chi connectivity index (χ4n) is 3.04. The summed E-state index contributed by atoms with van der Waals surface area (Å²) in [5.41, 5.74) is 0.718. The largest absolute Gasteiger partial charge is 0.384 e. The van der Waals surface area contributed by atoms with E-state index in [0.29, 0.717) is 11.4 Å². The molecule has 0 heterocycles. The van der Waals surface area contributed by atoms with Crippen molar-refractivity contribution in [2.24, 2.45) is 0 Å². The summed E-state index contributed by atoms with van der Waals surface area (Å²) in [7, 11) is -3.42. The topological polar surface area (TPSA) is 49.4 Å². The molecule has 0 aliphatic heterocycles. The molecule has 5 heteroatoms. The van der Waals surface area contributed by atoms with E-state index in [9.17, 15) is 8.42 Å². The molecule has 1 saturated carbocycles. The Morgan fingerprint density at radius 1 is 1.19 bits per heavy atom. The smallest absolute Gasteiger partial charge is 0.245 e. The first-order valence-electron chi connectivity index (χ1n) is 7.96. The van der Waals surface area contributed by atoms with E-state index in [4.69, 9.17) is 0 Å². The van der Waals surface area contributed by atoms with Crippen LogP contribution < -0.4 is 5.32 Å². The van der Waals surface area contributed by atoms with Gasteiger partial charge in [-0.1, -0.05) is 38.8 Å². The van der Waals surface area contributed by atoms with Crippen LogP contribution in [0, 0.1) is 0 Å². The van der Waals surface area contributed by atoms with Gasteiger partial charge in [-0.05, 0) is 31.4 Å². The van der Waals surface area contributed by atoms with Gasteiger partial charge in [0.25, 0.3) is 0 Å². The number of anilines is 1. The lowest BCUT2D eigenvalue weighted by molar-refractivity contribution is 0.335. The molecule has 1 aliphatic carbocycles. The lowest BCUT2D eigenvalue weighted by Gasteiger charge is -2.27. The van der Waals surface area contributed by atoms with E-state index in [1.807, 2.05) is 19.1 Å². The zero-order valence-electron chi connectivity index (χ0n) is 13.0. The first-order chi connectivity index (χ1) is 10.1. The highest BCUT2D eigenvalue weighted by Crippen LogP contribution is 2.31. The number of nitrogens with zero attached hydrogens (tertiary/aromatic N) is 1. The predicted octanol–water partition coefficient (Wildman–Crippen LogP) is 3.46. The van der Waals surface area contributed by atoms with Gasteiger partial charge in [0.05, 0.1) is 5.69 Å². The van der Waals surface area contributed by atoms with E-state index in [1.54, 1.807) is 16.4 Å². The normalized spacial score (nSPS) is 16.5. The van der Waals surface area contributed by atoms with E-state index >= 15 is 0 Å². The molecule has 1 aliphatic rings. The van der Waals surface area contributed by atoms with Crippen molar-refractivity contribution in [3.05, 3.63) is 24.3 Å². The third kappa shape index (κ3) is 3.58. The highest BCUT2D eigenvalue weighted by molar-refractivity contribution is 7.89. The van der Waals surface area contributed by atoms with Crippen LogP contribution in [-0.4, -0.2) is 31.9 Å². The summed E-state index contributed by atoms with van der Waals surface area (Å²) in [5.74, 6) is 0. The summed E-state index contributed by atoms with van der Waals surface area (Å²) in [6.45, 7) is 5.32. The van der Waals surface area contributed by atoms with Crippen LogP contribution in [0.5, 0.6) is 0 Å². The van der Waals surface area contributed by atoms with Gasteiger partial charge in [0.1, 0.15) is 4.90 Å². The summed E-state index contributed by atoms with van der Waals surface area (Å²) in [6, 6.07) is 7.41. The summed E-state index contributed by atoms with van der Waals surface area (Å²) in [6.07, 6.45) is 5.20. The van der Waals surface area contributed by atoms with Gasteiger partial charge in [-0.3, -0.25) is 0 Å². The number of hydrogen-bond donors (Lipinski definition) is 1. The number of nitrogens with one attached hydrogen (secondary N) is 1. The molecule has 0 saturated heterocycles. The average molecular weight is 310 g/mol. The van der Waals surface area contributed by atoms with Crippen LogP contribution in [0.3, 0.4) is 0 Å². The fraction of sp³-hybridized carbons (Fsp3) is 0.625. The summed E-state index contributed by atoms with van der Waals surface area (Å²) >= 11 is 0. The van der Waals surface area contributed by atoms with Crippen molar-refractivity contribution in [2.75, 3.05) is 18.4 Å². The Hall–Kier alpha value is -1.07. The highest BCUT2D eigenvalue weighted by Gasteiger charge is 2.33. The van der Waals surface area contributed by atoms with E-state index < -0.39 is 10.0 Å². The summed E-state index contributed by atoms with van der Waals surface area (Å²) in [5, 5.41) is 3.23. The zero-order chi connectivity index (χ0) is 15.3. The van der Waals surface area contributed by atoms with Crippen molar-refractivity contribution in [1.29, 1.82) is 0 Å². The van der Waals surface area contributed by atoms with Crippen molar-refractivity contribution in [3.63, 3.8) is 0 Å². The second-order valence-electron chi connectivity index (χ2n) is 5.57. The van der Waals surface area contributed by atoms with Gasteiger partial charge in [-0.15, -0.1) is 0 Å². The van der Waals surface area contributed by atoms with Crippen molar-refractivity contribution in [2.45, 2.75) is 56.9 Å². The van der Waals surface area contributed by atoms with Crippen LogP contribution in [0.1, 0.15) is 46.0 Å². The second kappa shape index (κ2) is 7.27. The molecule has 0 bridgehead atoms. The van der Waals surface area contributed by atoms with Crippen LogP contribution in [0.25, 0.3) is 0 Å². The second-order valence-corrected chi connectivity index (χ2v) is 7.43. The van der Waals surface area contributed by atoms with Crippen molar-refractivity contribution in [1.82, 2.24) is 4.31 Å². The predicted molar refractivity (Wildman–Crippen MR) is 87.0 cm³/mol. The number of hydrogen-bond acceptors (Lipinski definition) is 3. The summed E-state index contributed by atoms with van der Waals surface area (Å²) in [4.78, 5) is 0.409. The lowest BCUT2D eigenvalue weighted by atomic mass is 10.2. The Kier molecular flexibility index (Phi) is 5.65. The number of rotatable bonds is 7. The number of benzene rings is 1. The van der Waals surface area contributed by atoms with Gasteiger partial charge in [0.2, 0.25) is 10.0 Å². The van der Waals surface area contributed by atoms with E-state index in [1.165, 1.54) is 0 Å². The minimum Gasteiger partial charge on any atom is -0.384 e. The molecule has 0 aromatic heterocycles. The first-order valence-corrected chi connectivity index (χ1v) is 9.40. The minimum atomic E-state index is -3.42. The van der Waals surface area contributed by atoms with E-state index in [-0.39, 0.29) is 6.04 Å². The van der Waals surface area contributed by atoms with Gasteiger partial charge < -0.3 is 5.32 Å². The lowest BCUT2D eigenvalue weighted by Crippen LogP contribution is -2.38. The Bertz CT molecular complexity index is 551. The van der Waals surface area contributed by atoms with Crippen molar-refractivity contribution < 1.29 is 8.42 Å². The molecule has 0 spiro atoms. The monoisotopic (exact) mass is 310 g/mol. The number of para-hydroxylation sites is 1. The Morgan fingerprint density at radius 2 is 1.86 bits per heavy atom. The average Bonchev–Trinajstić information content (AvgIpc) is 2.99. The highest BCUT2D eigenvalue weighted by atomic mass is 32.2. The molecular weight excluding hydrogens is 284 g/mol. The molecular formula is C16H26N2O2S. The summed E-state index contributed by atoms with van der Waals surface area (Å²) < 4.78 is 27.7. The molecule has 118 valence electrons. The molecule has 1 aromatic carbocycles. The SMILES string of the molecule is CCCNc1ccccc1S(=O)(=O)N(CC)C1CCCC1. The van der Waals surface area contributed by atoms with Crippen molar-refractivity contribution in [3.8, 4) is 0 Å². The van der Waals surface area contributed by atoms with Gasteiger partial charge in [-0.25, -0.2) is 8.42 Å². The Morgan fingerprint density at radius 3 is 2.48 bits per heavy atom. The molecule has 2 rings (SSSR count). The van der Waals surface area contributed by atoms with Crippen LogP contribution in [0.2, 0.25) is 0 Å². The van der Waals surface area contributed by atoms with Crippen LogP contribution in [-0.2, 0) is 10.0 Å². The van der Waals surface area contributed by atoms with Gasteiger partial charge in [0.15, 0.2) is 0 Å². The van der Waals surface area contributed by atoms with E-state index in [2.05, 4.69) is 12.2 Å². The van der Waals surface area contributed by atoms with Gasteiger partial charge in [-0.2, -0.15) is 4.31 Å². The van der Waals surface area contributed by atoms with Crippen LogP contribution in [0.15, 0.2) is 29.2 Å². The molecule has 21 heavy (non-hydrogen) atoms. The molecule has 4 nitrogen and oxygen atoms in total. The quantitative estimate of drug-likeness (QED) is 0.839. The third-order valence-corrected chi connectivity index (χ3v) is 6.17. The van der Waals surface area contributed by atoms with Crippen LogP contribution in [0.4, 0.5) is 5.69 Å². The third-order valence-electron chi connectivity index (χ3n) is 4.08. The van der Waals surface area contributed by atoms with E-state index in [0.717, 1.165) is 44.3 Å². The van der Waals surface area contributed by atoms with Crippen LogP contribution >= 0.6 is 0 Å². The molecule has 1 fully saturated rings. The molecule has 0 atom stereocenters. The van der Waals surface area contributed by atoms with Gasteiger partial charge >= 0.3 is 0 Å². The maximum atomic E-state index is 13.0. The maximum absolute atomic E-state index is 13.0. The van der Waals surface area contributed by atoms with Gasteiger partial charge in [0, 0.05) is 19.1 Å². The zero-order valence-corrected chi connectivity index (χ0v) is 13.8. The maximum Gasteiger partial charge on any atom is 0.245 e. The molecule has 0 amide bonds. The Balaban J connectivity index is 2.33. The standard InChI is InChI=1S/C16H26N2O2S/c1-3-13-17-15-11-7-8-12-16(15)21(19,20)18(4-2)14-9-5-6-10-14/h7-8,11-12,14,17H,3-6,9-10,13H2,1-2H3. The fourth-order valence-corrected chi connectivity index (χ4v) is 4.90. The Labute approximate surface area is 128 Å². The first kappa shape index (κ1) is 16.3. The molecule has 1 N–H and O–H groups in total. The number of sulfonamides is 1. The molecule has 0 unspecified atom stereocenters. The minimum absolute atomic E-state index is 0.166.